The summed E-state index contributed by atoms with van der Waals surface area (Å²) in [5, 5.41) is 5.00. The summed E-state index contributed by atoms with van der Waals surface area (Å²) in [5.74, 6) is 1.15. The second-order valence-electron chi connectivity index (χ2n) is 8.27. The Hall–Kier alpha value is -2.56. The van der Waals surface area contributed by atoms with Crippen LogP contribution in [0.3, 0.4) is 0 Å². The molecule has 3 aromatic rings. The molecule has 1 fully saturated rings. The summed E-state index contributed by atoms with van der Waals surface area (Å²) >= 11 is 6.93. The summed E-state index contributed by atoms with van der Waals surface area (Å²) in [7, 11) is 0. The van der Waals surface area contributed by atoms with Gasteiger partial charge in [-0.05, 0) is 64.3 Å². The highest BCUT2D eigenvalue weighted by atomic mass is 79.9. The first kappa shape index (κ1) is 25.5. The fourth-order valence-corrected chi connectivity index (χ4v) is 4.53. The zero-order valence-electron chi connectivity index (χ0n) is 19.5. The minimum absolute atomic E-state index is 0.0436. The molecule has 2 aromatic carbocycles. The third kappa shape index (κ3) is 5.99. The number of ether oxygens (including phenoxy) is 2. The van der Waals surface area contributed by atoms with Crippen LogP contribution in [-0.2, 0) is 9.53 Å². The number of halogens is 2. The Kier molecular flexibility index (Phi) is 8.35. The standard InChI is InChI=1S/C25H26Br2N4O4/c1-3-16(2)24-29-21-6-5-18(26)13-19(21)25(33)31(24)28-14-17-4-7-22(20(27)12-17)35-15-23(32)30-8-10-34-11-9-30/h4-7,12-14,16H,3,8-11,15H2,1-2H3/t16-/m1/s1. The van der Waals surface area contributed by atoms with Crippen LogP contribution in [0, 0.1) is 0 Å². The lowest BCUT2D eigenvalue weighted by Crippen LogP contribution is -2.43. The lowest BCUT2D eigenvalue weighted by molar-refractivity contribution is -0.137. The highest BCUT2D eigenvalue weighted by Gasteiger charge is 2.18. The van der Waals surface area contributed by atoms with Gasteiger partial charge in [-0.1, -0.05) is 29.8 Å². The maximum atomic E-state index is 13.3. The largest absolute Gasteiger partial charge is 0.483 e. The van der Waals surface area contributed by atoms with Crippen LogP contribution >= 0.6 is 31.9 Å². The molecular weight excluding hydrogens is 580 g/mol. The number of rotatable bonds is 7. The van der Waals surface area contributed by atoms with Gasteiger partial charge >= 0.3 is 0 Å². The van der Waals surface area contributed by atoms with Gasteiger partial charge in [-0.3, -0.25) is 9.59 Å². The molecule has 0 spiro atoms. The van der Waals surface area contributed by atoms with Crippen molar-refractivity contribution in [3.05, 3.63) is 67.1 Å². The number of benzene rings is 2. The van der Waals surface area contributed by atoms with Crippen molar-refractivity contribution in [1.82, 2.24) is 14.6 Å². The maximum absolute atomic E-state index is 13.3. The van der Waals surface area contributed by atoms with E-state index >= 15 is 0 Å². The lowest BCUT2D eigenvalue weighted by Gasteiger charge is -2.26. The third-order valence-electron chi connectivity index (χ3n) is 5.88. The minimum atomic E-state index is -0.219. The van der Waals surface area contributed by atoms with Gasteiger partial charge in [-0.25, -0.2) is 4.98 Å². The number of carbonyl (C=O) groups is 1. The maximum Gasteiger partial charge on any atom is 0.282 e. The Balaban J connectivity index is 1.56. The van der Waals surface area contributed by atoms with Gasteiger partial charge in [0.1, 0.15) is 11.6 Å². The smallest absolute Gasteiger partial charge is 0.282 e. The average Bonchev–Trinajstić information content (AvgIpc) is 2.87. The van der Waals surface area contributed by atoms with E-state index in [2.05, 4.69) is 43.9 Å². The average molecular weight is 606 g/mol. The first-order valence-corrected chi connectivity index (χ1v) is 13.0. The minimum Gasteiger partial charge on any atom is -0.483 e. The van der Waals surface area contributed by atoms with Crippen LogP contribution in [0.4, 0.5) is 0 Å². The molecule has 0 N–H and O–H groups in total. The normalized spacial score (nSPS) is 15.0. The molecule has 0 aliphatic carbocycles. The number of carbonyl (C=O) groups excluding carboxylic acids is 1. The fraction of sp³-hybridized carbons (Fsp3) is 0.360. The van der Waals surface area contributed by atoms with Crippen LogP contribution in [0.25, 0.3) is 10.9 Å². The molecule has 1 saturated heterocycles. The van der Waals surface area contributed by atoms with Crippen LogP contribution in [-0.4, -0.2) is 59.6 Å². The number of nitrogens with zero attached hydrogens (tertiary/aromatic N) is 4. The molecule has 1 aliphatic heterocycles. The zero-order valence-corrected chi connectivity index (χ0v) is 22.7. The van der Waals surface area contributed by atoms with Crippen molar-refractivity contribution < 1.29 is 14.3 Å². The van der Waals surface area contributed by atoms with E-state index in [9.17, 15) is 9.59 Å². The summed E-state index contributed by atoms with van der Waals surface area (Å²) in [6, 6.07) is 10.9. The van der Waals surface area contributed by atoms with E-state index in [1.54, 1.807) is 23.2 Å². The molecule has 4 rings (SSSR count). The number of amides is 1. The number of hydrogen-bond donors (Lipinski definition) is 0. The molecule has 1 atom stereocenters. The van der Waals surface area contributed by atoms with E-state index in [0.29, 0.717) is 53.3 Å². The van der Waals surface area contributed by atoms with Crippen LogP contribution in [0.5, 0.6) is 5.75 Å². The Bertz CT molecular complexity index is 1320. The summed E-state index contributed by atoms with van der Waals surface area (Å²) in [6.07, 6.45) is 2.44. The zero-order chi connectivity index (χ0) is 24.9. The Morgan fingerprint density at radius 2 is 2.00 bits per heavy atom. The first-order chi connectivity index (χ1) is 16.9. The predicted molar refractivity (Wildman–Crippen MR) is 142 cm³/mol. The van der Waals surface area contributed by atoms with Crippen LogP contribution < -0.4 is 10.3 Å². The summed E-state index contributed by atoms with van der Waals surface area (Å²) in [6.45, 7) is 6.30. The topological polar surface area (TPSA) is 86.0 Å². The van der Waals surface area contributed by atoms with E-state index in [1.165, 1.54) is 4.68 Å². The second-order valence-corrected chi connectivity index (χ2v) is 10.0. The number of morpholine rings is 1. The van der Waals surface area contributed by atoms with E-state index in [0.717, 1.165) is 16.5 Å². The van der Waals surface area contributed by atoms with E-state index in [-0.39, 0.29) is 24.0 Å². The van der Waals surface area contributed by atoms with Crippen molar-refractivity contribution in [3.63, 3.8) is 0 Å². The molecule has 1 aromatic heterocycles. The Labute approximate surface area is 220 Å². The van der Waals surface area contributed by atoms with Crippen LogP contribution in [0.1, 0.15) is 37.6 Å². The summed E-state index contributed by atoms with van der Waals surface area (Å²) in [5.41, 5.74) is 1.19. The number of hydrogen-bond acceptors (Lipinski definition) is 6. The van der Waals surface area contributed by atoms with Crippen molar-refractivity contribution >= 4 is 54.9 Å². The van der Waals surface area contributed by atoms with Crippen molar-refractivity contribution in [2.75, 3.05) is 32.9 Å². The van der Waals surface area contributed by atoms with Gasteiger partial charge in [0, 0.05) is 23.5 Å². The van der Waals surface area contributed by atoms with Crippen LogP contribution in [0.15, 0.2) is 55.2 Å². The lowest BCUT2D eigenvalue weighted by atomic mass is 10.1. The number of aromatic nitrogens is 2. The van der Waals surface area contributed by atoms with Gasteiger partial charge in [-0.15, -0.1) is 0 Å². The van der Waals surface area contributed by atoms with E-state index in [4.69, 9.17) is 14.5 Å². The molecule has 10 heteroatoms. The van der Waals surface area contributed by atoms with E-state index < -0.39 is 0 Å². The molecule has 0 unspecified atom stereocenters. The molecular formula is C25H26Br2N4O4. The summed E-state index contributed by atoms with van der Waals surface area (Å²) < 4.78 is 13.9. The molecule has 2 heterocycles. The number of fused-ring (bicyclic) bond motifs is 1. The van der Waals surface area contributed by atoms with Crippen molar-refractivity contribution in [1.29, 1.82) is 0 Å². The van der Waals surface area contributed by atoms with Gasteiger partial charge in [0.05, 0.1) is 34.8 Å². The van der Waals surface area contributed by atoms with E-state index in [1.807, 2.05) is 31.2 Å². The molecule has 0 radical (unpaired) electrons. The van der Waals surface area contributed by atoms with Crippen molar-refractivity contribution in [2.24, 2.45) is 5.10 Å². The fourth-order valence-electron chi connectivity index (χ4n) is 3.66. The van der Waals surface area contributed by atoms with Gasteiger partial charge in [-0.2, -0.15) is 9.78 Å². The highest BCUT2D eigenvalue weighted by Crippen LogP contribution is 2.26. The molecule has 0 saturated carbocycles. The molecule has 184 valence electrons. The van der Waals surface area contributed by atoms with Crippen molar-refractivity contribution in [3.8, 4) is 5.75 Å². The van der Waals surface area contributed by atoms with Crippen molar-refractivity contribution in [2.45, 2.75) is 26.2 Å². The third-order valence-corrected chi connectivity index (χ3v) is 6.99. The van der Waals surface area contributed by atoms with Gasteiger partial charge in [0.2, 0.25) is 0 Å². The van der Waals surface area contributed by atoms with Gasteiger partial charge < -0.3 is 14.4 Å². The van der Waals surface area contributed by atoms with Gasteiger partial charge in [0.15, 0.2) is 6.61 Å². The van der Waals surface area contributed by atoms with Gasteiger partial charge in [0.25, 0.3) is 11.5 Å². The van der Waals surface area contributed by atoms with Crippen LogP contribution in [0.2, 0.25) is 0 Å². The first-order valence-electron chi connectivity index (χ1n) is 11.4. The quantitative estimate of drug-likeness (QED) is 0.369. The monoisotopic (exact) mass is 604 g/mol. The Morgan fingerprint density at radius 3 is 2.71 bits per heavy atom. The SMILES string of the molecule is CC[C@@H](C)c1nc2ccc(Br)cc2c(=O)n1N=Cc1ccc(OCC(=O)N2CCOCC2)c(Br)c1. The summed E-state index contributed by atoms with van der Waals surface area (Å²) in [4.78, 5) is 32.1. The molecule has 0 bridgehead atoms. The molecule has 8 nitrogen and oxygen atoms in total. The predicted octanol–water partition coefficient (Wildman–Crippen LogP) is 4.55. The molecule has 35 heavy (non-hydrogen) atoms. The second kappa shape index (κ2) is 11.5. The molecule has 1 amide bonds. The Morgan fingerprint density at radius 1 is 1.23 bits per heavy atom. The highest BCUT2D eigenvalue weighted by molar-refractivity contribution is 9.10. The molecule has 1 aliphatic rings.